The van der Waals surface area contributed by atoms with Gasteiger partial charge in [-0.1, -0.05) is 12.1 Å². The first-order valence-corrected chi connectivity index (χ1v) is 10.2. The molecule has 2 N–H and O–H groups in total. The summed E-state index contributed by atoms with van der Waals surface area (Å²) >= 11 is 0. The molecule has 0 spiro atoms. The Morgan fingerprint density at radius 1 is 1.33 bits per heavy atom. The molecule has 0 saturated carbocycles. The van der Waals surface area contributed by atoms with E-state index in [2.05, 4.69) is 40.7 Å². The van der Waals surface area contributed by atoms with Crippen molar-refractivity contribution in [1.82, 2.24) is 15.5 Å². The summed E-state index contributed by atoms with van der Waals surface area (Å²) in [5, 5.41) is 6.15. The van der Waals surface area contributed by atoms with E-state index in [1.54, 1.807) is 7.05 Å². The Morgan fingerprint density at radius 3 is 2.89 bits per heavy atom. The number of likely N-dealkylation sites (tertiary alicyclic amines) is 1. The Labute approximate surface area is 162 Å². The largest absolute Gasteiger partial charge is 0.493 e. The lowest BCUT2D eigenvalue weighted by molar-refractivity contribution is -0.121. The van der Waals surface area contributed by atoms with Gasteiger partial charge in [0.05, 0.1) is 6.61 Å². The Bertz CT molecular complexity index is 666. The van der Waals surface area contributed by atoms with Crippen LogP contribution in [-0.2, 0) is 17.6 Å². The summed E-state index contributed by atoms with van der Waals surface area (Å²) in [7, 11) is 1.71. The number of piperidine rings is 1. The Morgan fingerprint density at radius 2 is 2.15 bits per heavy atom. The lowest BCUT2D eigenvalue weighted by Crippen LogP contribution is -2.46. The number of benzene rings is 1. The Kier molecular flexibility index (Phi) is 6.96. The highest BCUT2D eigenvalue weighted by Gasteiger charge is 2.23. The number of hydrogen-bond donors (Lipinski definition) is 2. The zero-order chi connectivity index (χ0) is 19.1. The number of amides is 1. The smallest absolute Gasteiger partial charge is 0.220 e. The zero-order valence-electron chi connectivity index (χ0n) is 16.6. The van der Waals surface area contributed by atoms with Crippen LogP contribution in [0.5, 0.6) is 5.75 Å². The van der Waals surface area contributed by atoms with Crippen LogP contribution >= 0.6 is 0 Å². The van der Waals surface area contributed by atoms with Gasteiger partial charge >= 0.3 is 0 Å². The Balaban J connectivity index is 1.51. The van der Waals surface area contributed by atoms with Gasteiger partial charge in [0.1, 0.15) is 5.75 Å². The van der Waals surface area contributed by atoms with E-state index in [0.29, 0.717) is 12.3 Å². The van der Waals surface area contributed by atoms with Crippen LogP contribution < -0.4 is 15.4 Å². The molecule has 148 valence electrons. The molecule has 0 atom stereocenters. The second kappa shape index (κ2) is 9.62. The quantitative estimate of drug-likeness (QED) is 0.592. The average molecular weight is 373 g/mol. The fourth-order valence-corrected chi connectivity index (χ4v) is 3.83. The highest BCUT2D eigenvalue weighted by atomic mass is 16.5. The number of rotatable bonds is 6. The van der Waals surface area contributed by atoms with E-state index in [1.165, 1.54) is 11.1 Å². The minimum Gasteiger partial charge on any atom is -0.493 e. The topological polar surface area (TPSA) is 66.0 Å². The highest BCUT2D eigenvalue weighted by molar-refractivity contribution is 5.80. The summed E-state index contributed by atoms with van der Waals surface area (Å²) in [6.07, 6.45) is 4.68. The van der Waals surface area contributed by atoms with Crippen LogP contribution in [0.4, 0.5) is 0 Å². The molecule has 0 bridgehead atoms. The zero-order valence-corrected chi connectivity index (χ0v) is 16.6. The van der Waals surface area contributed by atoms with Gasteiger partial charge in [0.2, 0.25) is 5.91 Å². The molecule has 27 heavy (non-hydrogen) atoms. The second-order valence-electron chi connectivity index (χ2n) is 7.33. The maximum atomic E-state index is 11.6. The lowest BCUT2D eigenvalue weighted by atomic mass is 9.93. The van der Waals surface area contributed by atoms with E-state index in [9.17, 15) is 4.79 Å². The van der Waals surface area contributed by atoms with Crippen LogP contribution in [0.3, 0.4) is 0 Å². The first-order valence-electron chi connectivity index (χ1n) is 10.2. The highest BCUT2D eigenvalue weighted by Crippen LogP contribution is 2.26. The van der Waals surface area contributed by atoms with E-state index < -0.39 is 0 Å². The number of carbonyl (C=O) groups is 1. The molecule has 1 fully saturated rings. The summed E-state index contributed by atoms with van der Waals surface area (Å²) in [6, 6.07) is 6.50. The van der Waals surface area contributed by atoms with Crippen molar-refractivity contribution in [3.63, 3.8) is 0 Å². The molecule has 0 aromatic heterocycles. The maximum Gasteiger partial charge on any atom is 0.220 e. The summed E-state index contributed by atoms with van der Waals surface area (Å²) in [5.41, 5.74) is 2.64. The number of nitrogens with one attached hydrogen (secondary N) is 2. The van der Waals surface area contributed by atoms with Crippen LogP contribution in [0, 0.1) is 5.92 Å². The summed E-state index contributed by atoms with van der Waals surface area (Å²) in [6.45, 7) is 6.48. The molecule has 6 nitrogen and oxygen atoms in total. The van der Waals surface area contributed by atoms with Crippen molar-refractivity contribution < 1.29 is 9.53 Å². The van der Waals surface area contributed by atoms with Crippen molar-refractivity contribution in [2.24, 2.45) is 10.9 Å². The van der Waals surface area contributed by atoms with Crippen molar-refractivity contribution in [3.05, 3.63) is 29.3 Å². The van der Waals surface area contributed by atoms with Crippen LogP contribution in [0.15, 0.2) is 23.2 Å². The van der Waals surface area contributed by atoms with Gasteiger partial charge in [0.25, 0.3) is 0 Å². The predicted molar refractivity (Wildman–Crippen MR) is 108 cm³/mol. The number of ether oxygens (including phenoxy) is 1. The number of fused-ring (bicyclic) bond motifs is 1. The number of aliphatic imine (C=N–C) groups is 1. The monoisotopic (exact) mass is 372 g/mol. The number of nitrogens with zero attached hydrogens (tertiary/aromatic N) is 2. The molecule has 0 unspecified atom stereocenters. The molecule has 1 aromatic carbocycles. The summed E-state index contributed by atoms with van der Waals surface area (Å²) in [4.78, 5) is 18.8. The molecule has 1 amide bonds. The van der Waals surface area contributed by atoms with Gasteiger partial charge in [-0.3, -0.25) is 9.79 Å². The van der Waals surface area contributed by atoms with Crippen LogP contribution in [0.2, 0.25) is 0 Å². The van der Waals surface area contributed by atoms with Gasteiger partial charge in [-0.05, 0) is 49.3 Å². The van der Waals surface area contributed by atoms with Gasteiger partial charge < -0.3 is 20.3 Å². The minimum absolute atomic E-state index is 0.147. The Hall–Kier alpha value is -2.24. The van der Waals surface area contributed by atoms with Gasteiger partial charge in [-0.25, -0.2) is 0 Å². The molecule has 6 heteroatoms. The molecule has 2 heterocycles. The molecule has 0 aliphatic carbocycles. The third kappa shape index (κ3) is 5.37. The van der Waals surface area contributed by atoms with Crippen molar-refractivity contribution in [2.45, 2.75) is 39.0 Å². The average Bonchev–Trinajstić information content (AvgIpc) is 3.16. The van der Waals surface area contributed by atoms with Crippen LogP contribution in [0.1, 0.15) is 37.3 Å². The fourth-order valence-electron chi connectivity index (χ4n) is 3.83. The van der Waals surface area contributed by atoms with Gasteiger partial charge in [-0.15, -0.1) is 0 Å². The molecule has 2 aliphatic heterocycles. The molecule has 3 rings (SSSR count). The van der Waals surface area contributed by atoms with Crippen molar-refractivity contribution in [3.8, 4) is 5.75 Å². The molecule has 0 radical (unpaired) electrons. The van der Waals surface area contributed by atoms with Gasteiger partial charge in [0, 0.05) is 46.1 Å². The lowest BCUT2D eigenvalue weighted by Gasteiger charge is -2.34. The molecular weight excluding hydrogens is 340 g/mol. The molecule has 2 aliphatic rings. The van der Waals surface area contributed by atoms with Crippen molar-refractivity contribution in [1.29, 1.82) is 0 Å². The van der Waals surface area contributed by atoms with Gasteiger partial charge in [0.15, 0.2) is 5.96 Å². The van der Waals surface area contributed by atoms with Crippen molar-refractivity contribution >= 4 is 11.9 Å². The standard InChI is InChI=1S/C21H32N4O2/c1-3-23-21(25-11-7-17(8-12-25)15-20(26)22-2)24-10-6-16-4-5-19-18(14-16)9-13-27-19/h4-5,14,17H,3,6-13,15H2,1-2H3,(H,22,26)(H,23,24). The van der Waals surface area contributed by atoms with E-state index in [0.717, 1.165) is 70.2 Å². The third-order valence-corrected chi connectivity index (χ3v) is 5.42. The molecule has 1 aromatic rings. The van der Waals surface area contributed by atoms with Gasteiger partial charge in [-0.2, -0.15) is 0 Å². The van der Waals surface area contributed by atoms with E-state index in [-0.39, 0.29) is 5.91 Å². The second-order valence-corrected chi connectivity index (χ2v) is 7.33. The maximum absolute atomic E-state index is 11.6. The SMILES string of the molecule is CCNC(=NCCc1ccc2c(c1)CCO2)N1CCC(CC(=O)NC)CC1. The summed E-state index contributed by atoms with van der Waals surface area (Å²) in [5.74, 6) is 2.67. The first-order chi connectivity index (χ1) is 13.2. The number of hydrogen-bond acceptors (Lipinski definition) is 3. The van der Waals surface area contributed by atoms with E-state index >= 15 is 0 Å². The number of carbonyl (C=O) groups excluding carboxylic acids is 1. The van der Waals surface area contributed by atoms with E-state index in [4.69, 9.17) is 9.73 Å². The predicted octanol–water partition coefficient (Wildman–Crippen LogP) is 1.98. The normalized spacial score (nSPS) is 17.4. The van der Waals surface area contributed by atoms with Crippen LogP contribution in [-0.4, -0.2) is 56.6 Å². The molecule has 1 saturated heterocycles. The first kappa shape index (κ1) is 19.5. The van der Waals surface area contributed by atoms with Crippen molar-refractivity contribution in [2.75, 3.05) is 39.8 Å². The minimum atomic E-state index is 0.147. The third-order valence-electron chi connectivity index (χ3n) is 5.42. The van der Waals surface area contributed by atoms with E-state index in [1.807, 2.05) is 0 Å². The summed E-state index contributed by atoms with van der Waals surface area (Å²) < 4.78 is 5.58. The number of guanidine groups is 1. The van der Waals surface area contributed by atoms with Crippen LogP contribution in [0.25, 0.3) is 0 Å². The molecular formula is C21H32N4O2. The fraction of sp³-hybridized carbons (Fsp3) is 0.619.